The van der Waals surface area contributed by atoms with Crippen LogP contribution in [0, 0.1) is 0 Å². The number of hydrogen-bond donors (Lipinski definition) is 1. The number of nitrogens with two attached hydrogens (primary N) is 1. The Morgan fingerprint density at radius 1 is 1.47 bits per heavy atom. The van der Waals surface area contributed by atoms with Crippen LogP contribution in [0.15, 0.2) is 23.7 Å². The van der Waals surface area contributed by atoms with Gasteiger partial charge in [0.2, 0.25) is 0 Å². The van der Waals surface area contributed by atoms with Crippen molar-refractivity contribution in [1.29, 1.82) is 0 Å². The van der Waals surface area contributed by atoms with E-state index in [1.807, 2.05) is 6.20 Å². The molecule has 3 heterocycles. The fourth-order valence-corrected chi connectivity index (χ4v) is 3.41. The van der Waals surface area contributed by atoms with Gasteiger partial charge in [-0.2, -0.15) is 0 Å². The highest BCUT2D eigenvalue weighted by molar-refractivity contribution is 7.17. The van der Waals surface area contributed by atoms with Gasteiger partial charge < -0.3 is 10.6 Å². The van der Waals surface area contributed by atoms with Gasteiger partial charge >= 0.3 is 0 Å². The van der Waals surface area contributed by atoms with Crippen molar-refractivity contribution in [3.8, 4) is 0 Å². The Kier molecular flexibility index (Phi) is 2.76. The molecule has 0 bridgehead atoms. The van der Waals surface area contributed by atoms with E-state index >= 15 is 0 Å². The van der Waals surface area contributed by atoms with E-state index in [1.165, 1.54) is 10.1 Å². The van der Waals surface area contributed by atoms with Crippen LogP contribution in [0.1, 0.15) is 19.8 Å². The molecule has 1 saturated heterocycles. The van der Waals surface area contributed by atoms with Gasteiger partial charge in [0.1, 0.15) is 5.82 Å². The SMILES string of the molecule is CC1CC(N)CCN1c1nccc2sccc12. The summed E-state index contributed by atoms with van der Waals surface area (Å²) in [6, 6.07) is 5.09. The normalized spacial score (nSPS) is 25.4. The molecule has 1 aliphatic heterocycles. The van der Waals surface area contributed by atoms with Gasteiger partial charge in [-0.3, -0.25) is 0 Å². The van der Waals surface area contributed by atoms with Gasteiger partial charge in [-0.15, -0.1) is 11.3 Å². The van der Waals surface area contributed by atoms with E-state index in [2.05, 4.69) is 34.3 Å². The molecule has 0 saturated carbocycles. The Labute approximate surface area is 105 Å². The molecule has 0 aromatic carbocycles. The van der Waals surface area contributed by atoms with Crippen LogP contribution >= 0.6 is 11.3 Å². The van der Waals surface area contributed by atoms with Gasteiger partial charge in [0.15, 0.2) is 0 Å². The zero-order valence-corrected chi connectivity index (χ0v) is 10.8. The monoisotopic (exact) mass is 247 g/mol. The van der Waals surface area contributed by atoms with E-state index in [9.17, 15) is 0 Å². The molecule has 2 aromatic heterocycles. The van der Waals surface area contributed by atoms with Crippen LogP contribution in [0.5, 0.6) is 0 Å². The van der Waals surface area contributed by atoms with E-state index in [0.717, 1.165) is 25.2 Å². The number of fused-ring (bicyclic) bond motifs is 1. The number of hydrogen-bond acceptors (Lipinski definition) is 4. The average molecular weight is 247 g/mol. The quantitative estimate of drug-likeness (QED) is 0.842. The minimum Gasteiger partial charge on any atom is -0.353 e. The molecule has 90 valence electrons. The predicted octanol–water partition coefficient (Wildman–Crippen LogP) is 2.61. The Morgan fingerprint density at radius 3 is 3.18 bits per heavy atom. The van der Waals surface area contributed by atoms with Gasteiger partial charge in [0.05, 0.1) is 0 Å². The first-order valence-electron chi connectivity index (χ1n) is 6.10. The molecule has 17 heavy (non-hydrogen) atoms. The fraction of sp³-hybridized carbons (Fsp3) is 0.462. The van der Waals surface area contributed by atoms with Crippen LogP contribution in [0.2, 0.25) is 0 Å². The smallest absolute Gasteiger partial charge is 0.137 e. The second kappa shape index (κ2) is 4.27. The minimum atomic E-state index is 0.350. The van der Waals surface area contributed by atoms with E-state index in [4.69, 9.17) is 5.73 Å². The molecule has 2 atom stereocenters. The Bertz CT molecular complexity index is 522. The summed E-state index contributed by atoms with van der Waals surface area (Å²) in [5.41, 5.74) is 6.01. The molecular formula is C13H17N3S. The van der Waals surface area contributed by atoms with E-state index in [0.29, 0.717) is 12.1 Å². The first-order valence-corrected chi connectivity index (χ1v) is 6.98. The third-order valence-electron chi connectivity index (χ3n) is 3.55. The van der Waals surface area contributed by atoms with E-state index < -0.39 is 0 Å². The van der Waals surface area contributed by atoms with Crippen molar-refractivity contribution >= 4 is 27.2 Å². The summed E-state index contributed by atoms with van der Waals surface area (Å²) in [5, 5.41) is 3.41. The van der Waals surface area contributed by atoms with Crippen LogP contribution < -0.4 is 10.6 Å². The summed E-state index contributed by atoms with van der Waals surface area (Å²) >= 11 is 1.78. The summed E-state index contributed by atoms with van der Waals surface area (Å²) in [6.45, 7) is 3.26. The molecule has 0 aliphatic carbocycles. The maximum Gasteiger partial charge on any atom is 0.137 e. The Hall–Kier alpha value is -1.13. The predicted molar refractivity (Wildman–Crippen MR) is 73.6 cm³/mol. The molecule has 0 radical (unpaired) electrons. The molecule has 3 nitrogen and oxygen atoms in total. The highest BCUT2D eigenvalue weighted by Gasteiger charge is 2.25. The zero-order chi connectivity index (χ0) is 11.8. The number of piperidine rings is 1. The molecule has 0 spiro atoms. The molecule has 1 fully saturated rings. The molecular weight excluding hydrogens is 230 g/mol. The highest BCUT2D eigenvalue weighted by atomic mass is 32.1. The molecule has 3 rings (SSSR count). The molecule has 1 aliphatic rings. The van der Waals surface area contributed by atoms with Crippen LogP contribution in [0.3, 0.4) is 0 Å². The summed E-state index contributed by atoms with van der Waals surface area (Å²) in [7, 11) is 0. The van der Waals surface area contributed by atoms with Crippen molar-refractivity contribution in [2.24, 2.45) is 5.73 Å². The molecule has 2 aromatic rings. The number of pyridine rings is 1. The lowest BCUT2D eigenvalue weighted by molar-refractivity contribution is 0.428. The average Bonchev–Trinajstić information content (AvgIpc) is 2.77. The highest BCUT2D eigenvalue weighted by Crippen LogP contribution is 2.31. The largest absolute Gasteiger partial charge is 0.353 e. The van der Waals surface area contributed by atoms with E-state index in [-0.39, 0.29) is 0 Å². The number of aromatic nitrogens is 1. The third kappa shape index (κ3) is 1.91. The van der Waals surface area contributed by atoms with Crippen LogP contribution in [0.25, 0.3) is 10.1 Å². The van der Waals surface area contributed by atoms with Crippen molar-refractivity contribution in [1.82, 2.24) is 4.98 Å². The maximum atomic E-state index is 6.01. The molecule has 0 amide bonds. The van der Waals surface area contributed by atoms with Crippen LogP contribution in [0.4, 0.5) is 5.82 Å². The number of rotatable bonds is 1. The summed E-state index contributed by atoms with van der Waals surface area (Å²) in [4.78, 5) is 6.97. The summed E-state index contributed by atoms with van der Waals surface area (Å²) in [5.74, 6) is 1.13. The van der Waals surface area contributed by atoms with Gasteiger partial charge in [-0.25, -0.2) is 4.98 Å². The fourth-order valence-electron chi connectivity index (χ4n) is 2.63. The first-order chi connectivity index (χ1) is 8.25. The third-order valence-corrected chi connectivity index (χ3v) is 4.43. The minimum absolute atomic E-state index is 0.350. The van der Waals surface area contributed by atoms with Gasteiger partial charge in [-0.1, -0.05) is 0 Å². The van der Waals surface area contributed by atoms with Crippen molar-refractivity contribution in [2.45, 2.75) is 31.8 Å². The Balaban J connectivity index is 2.00. The lowest BCUT2D eigenvalue weighted by Crippen LogP contribution is -2.46. The van der Waals surface area contributed by atoms with Crippen LogP contribution in [-0.2, 0) is 0 Å². The maximum absolute atomic E-state index is 6.01. The number of nitrogens with zero attached hydrogens (tertiary/aromatic N) is 2. The van der Waals surface area contributed by atoms with E-state index in [1.54, 1.807) is 11.3 Å². The van der Waals surface area contributed by atoms with Gasteiger partial charge in [-0.05, 0) is 37.3 Å². The topological polar surface area (TPSA) is 42.1 Å². The summed E-state index contributed by atoms with van der Waals surface area (Å²) in [6.07, 6.45) is 4.03. The molecule has 4 heteroatoms. The Morgan fingerprint density at radius 2 is 2.35 bits per heavy atom. The summed E-state index contributed by atoms with van der Waals surface area (Å²) < 4.78 is 1.32. The molecule has 2 N–H and O–H groups in total. The van der Waals surface area contributed by atoms with Gasteiger partial charge in [0, 0.05) is 34.9 Å². The second-order valence-corrected chi connectivity index (χ2v) is 5.74. The standard InChI is InChI=1S/C13H17N3S/c1-9-8-10(14)3-6-16(9)13-11-4-7-17-12(11)2-5-15-13/h2,4-5,7,9-10H,3,6,8,14H2,1H3. The van der Waals surface area contributed by atoms with Crippen molar-refractivity contribution in [3.05, 3.63) is 23.7 Å². The lowest BCUT2D eigenvalue weighted by Gasteiger charge is -2.37. The first kappa shape index (κ1) is 11.0. The van der Waals surface area contributed by atoms with Crippen molar-refractivity contribution < 1.29 is 0 Å². The van der Waals surface area contributed by atoms with Crippen molar-refractivity contribution in [3.63, 3.8) is 0 Å². The van der Waals surface area contributed by atoms with Gasteiger partial charge in [0.25, 0.3) is 0 Å². The zero-order valence-electron chi connectivity index (χ0n) is 9.97. The molecule has 2 unspecified atom stereocenters. The second-order valence-electron chi connectivity index (χ2n) is 4.79. The van der Waals surface area contributed by atoms with Crippen molar-refractivity contribution in [2.75, 3.05) is 11.4 Å². The number of thiophene rings is 1. The number of anilines is 1. The lowest BCUT2D eigenvalue weighted by atomic mass is 9.99. The van der Waals surface area contributed by atoms with Crippen LogP contribution in [-0.4, -0.2) is 23.6 Å².